The maximum Gasteiger partial charge on any atom is 0.357 e. The number of guanidine groups is 2. The van der Waals surface area contributed by atoms with Crippen LogP contribution in [0.3, 0.4) is 0 Å². The number of rotatable bonds is 25. The van der Waals surface area contributed by atoms with Crippen LogP contribution in [-0.2, 0) is 30.2 Å². The summed E-state index contributed by atoms with van der Waals surface area (Å²) in [5.41, 5.74) is 20.0. The number of fused-ring (bicyclic) bond motifs is 3. The van der Waals surface area contributed by atoms with Crippen LogP contribution in [0, 0.1) is 5.41 Å². The zero-order valence-electron chi connectivity index (χ0n) is 53.2. The van der Waals surface area contributed by atoms with Gasteiger partial charge in [0, 0.05) is 66.1 Å². The van der Waals surface area contributed by atoms with E-state index in [0.717, 1.165) is 11.1 Å². The van der Waals surface area contributed by atoms with Crippen LogP contribution in [0.25, 0.3) is 10.9 Å². The zero-order valence-corrected chi connectivity index (χ0v) is 54.7. The molecular formula is C60H82Cl2N14O24. The molecule has 3 fully saturated rings. The van der Waals surface area contributed by atoms with E-state index in [0.29, 0.717) is 78.3 Å². The van der Waals surface area contributed by atoms with Crippen molar-refractivity contribution in [3.8, 4) is 11.5 Å². The lowest BCUT2D eigenvalue weighted by molar-refractivity contribution is -0.377. The molecule has 38 nitrogen and oxygen atoms in total. The van der Waals surface area contributed by atoms with Crippen molar-refractivity contribution in [1.29, 1.82) is 5.41 Å². The lowest BCUT2D eigenvalue weighted by Gasteiger charge is -2.47. The Morgan fingerprint density at radius 3 is 1.65 bits per heavy atom. The van der Waals surface area contributed by atoms with Gasteiger partial charge in [-0.3, -0.25) is 19.7 Å². The first-order valence-corrected chi connectivity index (χ1v) is 31.3. The predicted molar refractivity (Wildman–Crippen MR) is 356 cm³/mol. The van der Waals surface area contributed by atoms with Gasteiger partial charge in [-0.05, 0) is 55.0 Å². The molecule has 40 heteroatoms. The number of ether oxygens (including phenoxy) is 5. The second kappa shape index (κ2) is 38.7. The number of hydrazone groups is 1. The minimum Gasteiger partial charge on any atom is -0.507 e. The van der Waals surface area contributed by atoms with Crippen molar-refractivity contribution in [2.24, 2.45) is 32.5 Å². The molecule has 0 spiro atoms. The highest BCUT2D eigenvalue weighted by molar-refractivity contribution is 6.35. The number of aromatic carboxylic acids is 1. The number of nitrogens with two attached hydrogens (primary N) is 3. The first-order chi connectivity index (χ1) is 47.6. The summed E-state index contributed by atoms with van der Waals surface area (Å²) in [4.78, 5) is 38.0. The molecule has 3 aliphatic heterocycles. The summed E-state index contributed by atoms with van der Waals surface area (Å²) < 4.78 is 28.0. The molecule has 0 saturated carbocycles. The van der Waals surface area contributed by atoms with Crippen molar-refractivity contribution in [1.82, 2.24) is 25.8 Å². The molecule has 5 aromatic rings. The molecule has 1 aliphatic carbocycles. The number of aromatic nitrogens is 2. The fourth-order valence-electron chi connectivity index (χ4n) is 10.3. The van der Waals surface area contributed by atoms with E-state index in [1.807, 2.05) is 18.2 Å². The summed E-state index contributed by atoms with van der Waals surface area (Å²) in [6, 6.07) is 18.2. The standard InChI is InChI=1S/C22H28N4O6.C18H32O16.C15H10Cl2N2O2.C5H12N8/c27-11-9-23-5-7-25-13-1-2-14(26-8-6-24-10-12-28)18-17(13)21(31)19-15(29)3-4-16(30)20(19)22(18)32;19-1-4-7(22)8(23)12(27)17(31-4)34-15-6(3-21)32-18(13(28)10(15)25)33-14-5(2-20)30-16(29)11(26)9(14)24;16-10-6-5-9(12(17)7-10)8-19-13-4-2-1-3-11(13)14(18-19)15(20)21;1-3(11-13-5(8)9)2-10-12-4(6)7/h1-4,23-30H,5-12H2;4-29H,1-3H2;1-7H,8H2,(H,20,21);2H,1H3,(H4,6,7,12)(H4,8,9,13)/b;;;10-2+,11-3+/t;4-,5-,6-,7-,8+,9-,10-,11-,12-,13-,14-,15-,16?,17+,18+;;/m.1../s1. The molecule has 4 aliphatic rings. The lowest BCUT2D eigenvalue weighted by Crippen LogP contribution is -2.66. The van der Waals surface area contributed by atoms with Gasteiger partial charge in [-0.2, -0.15) is 15.3 Å². The number of hydrogen-bond acceptors (Lipinski definition) is 32. The number of phenols is 2. The molecule has 4 heterocycles. The van der Waals surface area contributed by atoms with Crippen molar-refractivity contribution < 1.29 is 120 Å². The summed E-state index contributed by atoms with van der Waals surface area (Å²) in [5.74, 6) is -3.30. The van der Waals surface area contributed by atoms with Gasteiger partial charge in [-0.15, -0.1) is 5.10 Å². The van der Waals surface area contributed by atoms with Gasteiger partial charge in [0.05, 0.1) is 79.3 Å². The predicted octanol–water partition coefficient (Wildman–Crippen LogP) is -5.52. The van der Waals surface area contributed by atoms with E-state index >= 15 is 0 Å². The van der Waals surface area contributed by atoms with Crippen LogP contribution < -0.4 is 43.9 Å². The average molecular weight is 1450 g/mol. The van der Waals surface area contributed by atoms with E-state index < -0.39 is 129 Å². The quantitative estimate of drug-likeness (QED) is 0.00836. The van der Waals surface area contributed by atoms with E-state index in [-0.39, 0.29) is 64.6 Å². The Hall–Kier alpha value is -7.98. The highest BCUT2D eigenvalue weighted by atomic mass is 35.5. The van der Waals surface area contributed by atoms with Crippen LogP contribution in [-0.4, -0.2) is 297 Å². The number of carbonyl (C=O) groups excluding carboxylic acids is 2. The van der Waals surface area contributed by atoms with E-state index in [1.165, 1.54) is 18.3 Å². The number of para-hydroxylation sites is 1. The third-order valence-electron chi connectivity index (χ3n) is 15.1. The number of carboxylic acid groups (broad SMARTS) is 1. The average Bonchev–Trinajstić information content (AvgIpc) is 0.936. The van der Waals surface area contributed by atoms with E-state index in [2.05, 4.69) is 47.1 Å². The molecule has 4 aromatic carbocycles. The number of benzene rings is 4. The van der Waals surface area contributed by atoms with Gasteiger partial charge in [0.25, 0.3) is 0 Å². The first-order valence-electron chi connectivity index (χ1n) is 30.5. The van der Waals surface area contributed by atoms with E-state index in [9.17, 15) is 85.9 Å². The van der Waals surface area contributed by atoms with Gasteiger partial charge in [0.2, 0.25) is 23.5 Å². The maximum atomic E-state index is 13.4. The van der Waals surface area contributed by atoms with Crippen LogP contribution in [0.5, 0.6) is 11.5 Å². The normalized spacial score (nSPS) is 25.6. The number of nitrogens with zero attached hydrogens (tertiary/aromatic N) is 5. The monoisotopic (exact) mass is 1450 g/mol. The fourth-order valence-corrected chi connectivity index (χ4v) is 10.7. The topological polar surface area (TPSA) is 638 Å². The molecule has 0 amide bonds. The smallest absolute Gasteiger partial charge is 0.357 e. The molecule has 1 aromatic heterocycles. The molecular weight excluding hydrogens is 1370 g/mol. The van der Waals surface area contributed by atoms with Gasteiger partial charge in [-0.25, -0.2) is 10.2 Å². The number of phenolic OH excluding ortho intramolecular Hbond substituents is 2. The summed E-state index contributed by atoms with van der Waals surface area (Å²) in [5, 5.41) is 192. The Kier molecular flexibility index (Phi) is 31.4. The van der Waals surface area contributed by atoms with Crippen molar-refractivity contribution >= 4 is 86.9 Å². The molecule has 3 saturated heterocycles. The largest absolute Gasteiger partial charge is 0.507 e. The Bertz CT molecular complexity index is 3570. The molecule has 28 N–H and O–H groups in total. The summed E-state index contributed by atoms with van der Waals surface area (Å²) in [6.07, 6.45) is -23.8. The Labute approximate surface area is 578 Å². The third-order valence-corrected chi connectivity index (χ3v) is 15.7. The molecule has 0 radical (unpaired) electrons. The van der Waals surface area contributed by atoms with E-state index in [1.54, 1.807) is 48.0 Å². The summed E-state index contributed by atoms with van der Waals surface area (Å²) in [7, 11) is 0. The number of carbonyl (C=O) groups is 3. The number of aromatic hydroxyl groups is 2. The number of aliphatic hydroxyl groups excluding tert-OH is 13. The molecule has 100 heavy (non-hydrogen) atoms. The van der Waals surface area contributed by atoms with Gasteiger partial charge < -0.3 is 144 Å². The Morgan fingerprint density at radius 2 is 1.15 bits per heavy atom. The van der Waals surface area contributed by atoms with Crippen LogP contribution in [0.15, 0.2) is 82.0 Å². The van der Waals surface area contributed by atoms with Crippen LogP contribution in [0.4, 0.5) is 11.4 Å². The van der Waals surface area contributed by atoms with Crippen molar-refractivity contribution in [2.45, 2.75) is 106 Å². The second-order valence-corrected chi connectivity index (χ2v) is 23.0. The first kappa shape index (κ1) is 81.0. The van der Waals surface area contributed by atoms with Gasteiger partial charge >= 0.3 is 5.97 Å². The van der Waals surface area contributed by atoms with Gasteiger partial charge in [-0.1, -0.05) is 47.5 Å². The number of carboxylic acids is 1. The number of anilines is 2. The molecule has 9 rings (SSSR count). The number of halogens is 2. The Balaban J connectivity index is 0.000000221. The lowest BCUT2D eigenvalue weighted by atomic mass is 9.81. The highest BCUT2D eigenvalue weighted by Gasteiger charge is 2.53. The van der Waals surface area contributed by atoms with Gasteiger partial charge in [0.1, 0.15) is 84.7 Å². The maximum absolute atomic E-state index is 13.4. The minimum atomic E-state index is -1.91. The van der Waals surface area contributed by atoms with Crippen LogP contribution >= 0.6 is 23.2 Å². The van der Waals surface area contributed by atoms with Crippen molar-refractivity contribution in [2.75, 3.05) is 82.9 Å². The minimum absolute atomic E-state index is 0.00939. The summed E-state index contributed by atoms with van der Waals surface area (Å²) >= 11 is 12.0. The third kappa shape index (κ3) is 20.8. The van der Waals surface area contributed by atoms with Crippen LogP contribution in [0.1, 0.15) is 54.8 Å². The molecule has 550 valence electrons. The van der Waals surface area contributed by atoms with Gasteiger partial charge in [0.15, 0.2) is 24.6 Å². The van der Waals surface area contributed by atoms with Crippen molar-refractivity contribution in [3.63, 3.8) is 0 Å². The van der Waals surface area contributed by atoms with Crippen LogP contribution in [0.2, 0.25) is 10.0 Å². The number of nitrogens with one attached hydrogen (secondary N) is 6. The SMILES string of the molecule is CC(/C=N/NC(=N)N)=N\N=C(N)N.O=C(O)c1nn(Cc2ccc(Cl)cc2Cl)c2ccccc12.O=C1c2c(O)ccc(O)c2C(=O)c2c(NCCNCCO)ccc(NCCNCCO)c21.OC[C@H]1O[C@@H](O[C@H]2[C@H](O)[C@@H](O)[C@H](O[C@H]3[C@H](O)[C@@H](O)C(O)O[C@@H]3CO)O[C@@H]2CO)[C@H](O)[C@@H](O)[C@@H]1O. The number of aliphatic hydroxyl groups is 13. The highest BCUT2D eigenvalue weighted by Crippen LogP contribution is 2.43. The zero-order chi connectivity index (χ0) is 73.7. The molecule has 0 bridgehead atoms. The molecule has 1 unspecified atom stereocenters. The van der Waals surface area contributed by atoms with Crippen molar-refractivity contribution in [3.05, 3.63) is 110 Å². The number of ketones is 2. The Morgan fingerprint density at radius 1 is 0.640 bits per heavy atom. The molecule has 15 atom stereocenters. The second-order valence-electron chi connectivity index (χ2n) is 22.2. The summed E-state index contributed by atoms with van der Waals surface area (Å²) in [6.45, 7) is 2.50. The van der Waals surface area contributed by atoms with E-state index in [4.69, 9.17) is 79.7 Å². The fraction of sp³-hybridized carbons (Fsp3) is 0.467. The number of hydrogen-bond donors (Lipinski definition) is 25.